The number of aliphatic hydroxyl groups is 1. The molecule has 1 aliphatic rings. The molecule has 7 heteroatoms. The van der Waals surface area contributed by atoms with Gasteiger partial charge in [-0.2, -0.15) is 0 Å². The predicted molar refractivity (Wildman–Crippen MR) is 75.4 cm³/mol. The Bertz CT molecular complexity index is 571. The Morgan fingerprint density at radius 1 is 1.35 bits per heavy atom. The highest BCUT2D eigenvalue weighted by atomic mass is 35.5. The standard InChI is InChI=1S/C13H17ClFNO3S/c14-12-7-11(1-2-13(12)15)9-20(18,19)16-5-3-10(8-17)4-6-16/h1-2,7,10,17H,3-6,8-9H2. The number of rotatable bonds is 4. The van der Waals surface area contributed by atoms with Gasteiger partial charge in [-0.15, -0.1) is 0 Å². The molecule has 1 aromatic rings. The van der Waals surface area contributed by atoms with Crippen molar-refractivity contribution in [2.75, 3.05) is 19.7 Å². The Balaban J connectivity index is 2.05. The van der Waals surface area contributed by atoms with Crippen LogP contribution in [0.5, 0.6) is 0 Å². The van der Waals surface area contributed by atoms with Crippen molar-refractivity contribution in [2.45, 2.75) is 18.6 Å². The monoisotopic (exact) mass is 321 g/mol. The van der Waals surface area contributed by atoms with E-state index in [1.54, 1.807) is 0 Å². The minimum Gasteiger partial charge on any atom is -0.396 e. The number of benzene rings is 1. The highest BCUT2D eigenvalue weighted by Crippen LogP contribution is 2.23. The molecule has 112 valence electrons. The minimum atomic E-state index is -3.43. The molecule has 20 heavy (non-hydrogen) atoms. The van der Waals surface area contributed by atoms with E-state index in [0.29, 0.717) is 31.5 Å². The van der Waals surface area contributed by atoms with Crippen LogP contribution in [-0.4, -0.2) is 37.5 Å². The van der Waals surface area contributed by atoms with Gasteiger partial charge in [-0.1, -0.05) is 17.7 Å². The molecule has 1 heterocycles. The Morgan fingerprint density at radius 2 is 2.00 bits per heavy atom. The number of hydrogen-bond donors (Lipinski definition) is 1. The fourth-order valence-corrected chi connectivity index (χ4v) is 4.06. The molecule has 4 nitrogen and oxygen atoms in total. The molecule has 0 saturated carbocycles. The van der Waals surface area contributed by atoms with E-state index in [0.717, 1.165) is 0 Å². The van der Waals surface area contributed by atoms with Gasteiger partial charge in [0.15, 0.2) is 0 Å². The molecule has 1 aromatic carbocycles. The molecule has 0 aliphatic carbocycles. The number of piperidine rings is 1. The summed E-state index contributed by atoms with van der Waals surface area (Å²) in [4.78, 5) is 0. The van der Waals surface area contributed by atoms with Crippen LogP contribution in [0.4, 0.5) is 4.39 Å². The Kier molecular flexibility index (Phi) is 5.01. The van der Waals surface area contributed by atoms with Gasteiger partial charge in [-0.05, 0) is 36.5 Å². The first-order valence-electron chi connectivity index (χ1n) is 6.45. The summed E-state index contributed by atoms with van der Waals surface area (Å²) in [5.74, 6) is -0.560. The van der Waals surface area contributed by atoms with Gasteiger partial charge in [0, 0.05) is 19.7 Å². The summed E-state index contributed by atoms with van der Waals surface area (Å²) in [6.45, 7) is 0.937. The lowest BCUT2D eigenvalue weighted by Crippen LogP contribution is -2.39. The van der Waals surface area contributed by atoms with Gasteiger partial charge >= 0.3 is 0 Å². The molecule has 0 amide bonds. The molecule has 0 spiro atoms. The average Bonchev–Trinajstić information content (AvgIpc) is 2.43. The summed E-state index contributed by atoms with van der Waals surface area (Å²) in [5, 5.41) is 8.98. The fourth-order valence-electron chi connectivity index (χ4n) is 2.30. The molecular weight excluding hydrogens is 305 g/mol. The summed E-state index contributed by atoms with van der Waals surface area (Å²) in [6, 6.07) is 3.94. The van der Waals surface area contributed by atoms with Gasteiger partial charge in [0.1, 0.15) is 5.82 Å². The lowest BCUT2D eigenvalue weighted by molar-refractivity contribution is 0.170. The maximum absolute atomic E-state index is 13.1. The van der Waals surface area contributed by atoms with E-state index < -0.39 is 15.8 Å². The zero-order chi connectivity index (χ0) is 14.8. The van der Waals surface area contributed by atoms with Crippen molar-refractivity contribution in [1.82, 2.24) is 4.31 Å². The minimum absolute atomic E-state index is 0.0725. The third-order valence-electron chi connectivity index (χ3n) is 3.56. The van der Waals surface area contributed by atoms with Crippen LogP contribution in [0.3, 0.4) is 0 Å². The topological polar surface area (TPSA) is 57.6 Å². The summed E-state index contributed by atoms with van der Waals surface area (Å²) >= 11 is 5.66. The maximum atomic E-state index is 13.1. The van der Waals surface area contributed by atoms with E-state index in [4.69, 9.17) is 16.7 Å². The van der Waals surface area contributed by atoms with Crippen molar-refractivity contribution >= 4 is 21.6 Å². The second-order valence-electron chi connectivity index (χ2n) is 5.03. The molecule has 0 aromatic heterocycles. The van der Waals surface area contributed by atoms with Crippen molar-refractivity contribution in [3.05, 3.63) is 34.6 Å². The SMILES string of the molecule is O=S(=O)(Cc1ccc(F)c(Cl)c1)N1CCC(CO)CC1. The van der Waals surface area contributed by atoms with Crippen LogP contribution in [0.2, 0.25) is 5.02 Å². The number of nitrogens with zero attached hydrogens (tertiary/aromatic N) is 1. The molecule has 1 N–H and O–H groups in total. The smallest absolute Gasteiger partial charge is 0.218 e. The van der Waals surface area contributed by atoms with Crippen LogP contribution in [0, 0.1) is 11.7 Å². The summed E-state index contributed by atoms with van der Waals surface area (Å²) in [5.41, 5.74) is 0.473. The first-order valence-corrected chi connectivity index (χ1v) is 8.43. The third kappa shape index (κ3) is 3.69. The normalized spacial score (nSPS) is 18.4. The van der Waals surface area contributed by atoms with Gasteiger partial charge in [0.2, 0.25) is 10.0 Å². The van der Waals surface area contributed by atoms with E-state index in [1.807, 2.05) is 0 Å². The van der Waals surface area contributed by atoms with Crippen molar-refractivity contribution in [2.24, 2.45) is 5.92 Å². The summed E-state index contributed by atoms with van der Waals surface area (Å²) in [7, 11) is -3.43. The van der Waals surface area contributed by atoms with Gasteiger partial charge < -0.3 is 5.11 Å². The Labute approximate surface area is 123 Å². The van der Waals surface area contributed by atoms with Crippen molar-refractivity contribution in [3.63, 3.8) is 0 Å². The highest BCUT2D eigenvalue weighted by molar-refractivity contribution is 7.88. The lowest BCUT2D eigenvalue weighted by atomic mass is 10.00. The Hall–Kier alpha value is -0.690. The predicted octanol–water partition coefficient (Wildman–Crippen LogP) is 2.01. The average molecular weight is 322 g/mol. The largest absolute Gasteiger partial charge is 0.396 e. The van der Waals surface area contributed by atoms with E-state index in [9.17, 15) is 12.8 Å². The number of hydrogen-bond acceptors (Lipinski definition) is 3. The molecule has 0 atom stereocenters. The van der Waals surface area contributed by atoms with Gasteiger partial charge in [-0.3, -0.25) is 0 Å². The van der Waals surface area contributed by atoms with E-state index in [1.165, 1.54) is 22.5 Å². The second kappa shape index (κ2) is 6.39. The molecule has 1 saturated heterocycles. The molecule has 0 radical (unpaired) electrons. The van der Waals surface area contributed by atoms with Crippen LogP contribution in [0.1, 0.15) is 18.4 Å². The zero-order valence-corrected chi connectivity index (χ0v) is 12.5. The highest BCUT2D eigenvalue weighted by Gasteiger charge is 2.27. The van der Waals surface area contributed by atoms with Crippen LogP contribution in [0.25, 0.3) is 0 Å². The van der Waals surface area contributed by atoms with Gasteiger partial charge in [0.05, 0.1) is 10.8 Å². The molecule has 0 bridgehead atoms. The van der Waals surface area contributed by atoms with Crippen LogP contribution in [-0.2, 0) is 15.8 Å². The summed E-state index contributed by atoms with van der Waals surface area (Å²) in [6.07, 6.45) is 1.33. The van der Waals surface area contributed by atoms with Crippen molar-refractivity contribution in [1.29, 1.82) is 0 Å². The molecule has 2 rings (SSSR count). The van der Waals surface area contributed by atoms with Crippen LogP contribution < -0.4 is 0 Å². The third-order valence-corrected chi connectivity index (χ3v) is 5.70. The second-order valence-corrected chi connectivity index (χ2v) is 7.41. The van der Waals surface area contributed by atoms with E-state index in [2.05, 4.69) is 0 Å². The fraction of sp³-hybridized carbons (Fsp3) is 0.538. The molecular formula is C13H17ClFNO3S. The van der Waals surface area contributed by atoms with Gasteiger partial charge in [-0.25, -0.2) is 17.1 Å². The number of aliphatic hydroxyl groups excluding tert-OH is 1. The molecule has 1 fully saturated rings. The van der Waals surface area contributed by atoms with Crippen LogP contribution in [0.15, 0.2) is 18.2 Å². The number of halogens is 2. The molecule has 0 unspecified atom stereocenters. The Morgan fingerprint density at radius 3 is 2.55 bits per heavy atom. The van der Waals surface area contributed by atoms with E-state index in [-0.39, 0.29) is 23.3 Å². The molecule has 1 aliphatic heterocycles. The van der Waals surface area contributed by atoms with Crippen LogP contribution >= 0.6 is 11.6 Å². The van der Waals surface area contributed by atoms with Gasteiger partial charge in [0.25, 0.3) is 0 Å². The van der Waals surface area contributed by atoms with Crippen molar-refractivity contribution in [3.8, 4) is 0 Å². The summed E-state index contributed by atoms with van der Waals surface area (Å²) < 4.78 is 39.0. The van der Waals surface area contributed by atoms with E-state index >= 15 is 0 Å². The first kappa shape index (κ1) is 15.7. The maximum Gasteiger partial charge on any atom is 0.218 e. The zero-order valence-electron chi connectivity index (χ0n) is 10.9. The number of sulfonamides is 1. The van der Waals surface area contributed by atoms with Crippen molar-refractivity contribution < 1.29 is 17.9 Å². The first-order chi connectivity index (χ1) is 9.42. The quantitative estimate of drug-likeness (QED) is 0.923. The lowest BCUT2D eigenvalue weighted by Gasteiger charge is -2.30.